The molecule has 0 fully saturated rings. The molecule has 0 unspecified atom stereocenters. The molecule has 1 aromatic heterocycles. The fraction of sp³-hybridized carbons (Fsp3) is 0.0833. The zero-order chi connectivity index (χ0) is 13.1. The lowest BCUT2D eigenvalue weighted by molar-refractivity contribution is 0.100. The first-order chi connectivity index (χ1) is 8.56. The summed E-state index contributed by atoms with van der Waals surface area (Å²) in [6.45, 7) is 0.623. The molecule has 2 aromatic rings. The summed E-state index contributed by atoms with van der Waals surface area (Å²) in [7, 11) is 0. The van der Waals surface area contributed by atoms with Crippen LogP contribution >= 0.6 is 45.5 Å². The van der Waals surface area contributed by atoms with Crippen LogP contribution in [-0.4, -0.2) is 5.91 Å². The average molecular weight is 393 g/mol. The van der Waals surface area contributed by atoms with E-state index in [1.54, 1.807) is 11.4 Å². The van der Waals surface area contributed by atoms with E-state index in [1.807, 2.05) is 18.2 Å². The highest BCUT2D eigenvalue weighted by atomic mass is 127. The Bertz CT molecular complexity index is 585. The molecule has 2 rings (SSSR count). The summed E-state index contributed by atoms with van der Waals surface area (Å²) in [5.74, 6) is -0.398. The maximum atomic E-state index is 11.0. The van der Waals surface area contributed by atoms with Crippen LogP contribution in [0.15, 0.2) is 29.6 Å². The van der Waals surface area contributed by atoms with Crippen molar-refractivity contribution >= 4 is 57.1 Å². The monoisotopic (exact) mass is 392 g/mol. The molecule has 0 saturated heterocycles. The second-order valence-corrected chi connectivity index (χ2v) is 6.29. The van der Waals surface area contributed by atoms with Crippen LogP contribution in [0.25, 0.3) is 0 Å². The van der Waals surface area contributed by atoms with E-state index in [2.05, 4.69) is 27.9 Å². The van der Waals surface area contributed by atoms with Crippen LogP contribution in [0.5, 0.6) is 0 Å². The van der Waals surface area contributed by atoms with E-state index in [0.717, 1.165) is 14.1 Å². The van der Waals surface area contributed by atoms with E-state index in [9.17, 15) is 4.79 Å². The molecular formula is C12H10ClIN2OS. The highest BCUT2D eigenvalue weighted by Gasteiger charge is 2.05. The first-order valence-electron chi connectivity index (χ1n) is 5.12. The Morgan fingerprint density at radius 3 is 2.83 bits per heavy atom. The van der Waals surface area contributed by atoms with E-state index in [1.165, 1.54) is 11.3 Å². The molecule has 6 heteroatoms. The van der Waals surface area contributed by atoms with Gasteiger partial charge in [0.1, 0.15) is 0 Å². The van der Waals surface area contributed by atoms with Gasteiger partial charge in [0.15, 0.2) is 0 Å². The number of thiophene rings is 1. The van der Waals surface area contributed by atoms with E-state index in [4.69, 9.17) is 17.3 Å². The van der Waals surface area contributed by atoms with Crippen molar-refractivity contribution in [3.8, 4) is 0 Å². The lowest BCUT2D eigenvalue weighted by Crippen LogP contribution is -2.09. The number of hydrogen-bond donors (Lipinski definition) is 2. The molecule has 3 nitrogen and oxygen atoms in total. The molecule has 0 aliphatic carbocycles. The molecule has 0 aliphatic rings. The van der Waals surface area contributed by atoms with Gasteiger partial charge in [-0.05, 0) is 46.9 Å². The first kappa shape index (κ1) is 13.6. The molecule has 0 bridgehead atoms. The van der Waals surface area contributed by atoms with Crippen LogP contribution in [0, 0.1) is 3.57 Å². The second kappa shape index (κ2) is 5.90. The normalized spacial score (nSPS) is 10.3. The predicted octanol–water partition coefficient (Wildman–Crippen LogP) is 3.72. The number of nitrogens with two attached hydrogens (primary N) is 1. The number of nitrogens with one attached hydrogen (secondary N) is 1. The number of halogens is 2. The van der Waals surface area contributed by atoms with Crippen molar-refractivity contribution in [2.24, 2.45) is 5.73 Å². The van der Waals surface area contributed by atoms with Crippen molar-refractivity contribution < 1.29 is 4.79 Å². The second-order valence-electron chi connectivity index (χ2n) is 3.64. The summed E-state index contributed by atoms with van der Waals surface area (Å²) in [4.78, 5) is 12.0. The maximum Gasteiger partial charge on any atom is 0.249 e. The van der Waals surface area contributed by atoms with Crippen LogP contribution in [0.4, 0.5) is 5.69 Å². The minimum absolute atomic E-state index is 0.398. The summed E-state index contributed by atoms with van der Waals surface area (Å²) in [5.41, 5.74) is 6.63. The number of amides is 1. The summed E-state index contributed by atoms with van der Waals surface area (Å²) >= 11 is 9.82. The van der Waals surface area contributed by atoms with Gasteiger partial charge in [0, 0.05) is 20.4 Å². The van der Waals surface area contributed by atoms with E-state index >= 15 is 0 Å². The molecule has 0 spiro atoms. The van der Waals surface area contributed by atoms with Crippen LogP contribution < -0.4 is 11.1 Å². The average Bonchev–Trinajstić information content (AvgIpc) is 2.76. The van der Waals surface area contributed by atoms with Gasteiger partial charge in [-0.15, -0.1) is 11.3 Å². The van der Waals surface area contributed by atoms with Crippen molar-refractivity contribution in [3.05, 3.63) is 48.7 Å². The van der Waals surface area contributed by atoms with Gasteiger partial charge in [-0.25, -0.2) is 0 Å². The molecule has 18 heavy (non-hydrogen) atoms. The van der Waals surface area contributed by atoms with Gasteiger partial charge in [-0.2, -0.15) is 0 Å². The fourth-order valence-electron chi connectivity index (χ4n) is 1.42. The minimum Gasteiger partial charge on any atom is -0.379 e. The third-order valence-corrected chi connectivity index (χ3v) is 4.24. The number of benzene rings is 1. The smallest absolute Gasteiger partial charge is 0.249 e. The van der Waals surface area contributed by atoms with Gasteiger partial charge >= 0.3 is 0 Å². The highest BCUT2D eigenvalue weighted by molar-refractivity contribution is 14.1. The van der Waals surface area contributed by atoms with Gasteiger partial charge < -0.3 is 11.1 Å². The van der Waals surface area contributed by atoms with Crippen molar-refractivity contribution in [1.29, 1.82) is 0 Å². The minimum atomic E-state index is -0.398. The topological polar surface area (TPSA) is 55.1 Å². The van der Waals surface area contributed by atoms with Gasteiger partial charge in [-0.3, -0.25) is 4.79 Å². The van der Waals surface area contributed by atoms with E-state index < -0.39 is 5.91 Å². The zero-order valence-corrected chi connectivity index (χ0v) is 13.0. The van der Waals surface area contributed by atoms with Gasteiger partial charge in [-0.1, -0.05) is 11.6 Å². The summed E-state index contributed by atoms with van der Waals surface area (Å²) < 4.78 is 1.09. The molecule has 0 atom stereocenters. The van der Waals surface area contributed by atoms with Crippen LogP contribution in [0.2, 0.25) is 5.02 Å². The Morgan fingerprint density at radius 2 is 2.22 bits per heavy atom. The number of hydrogen-bond acceptors (Lipinski definition) is 3. The van der Waals surface area contributed by atoms with Gasteiger partial charge in [0.2, 0.25) is 5.91 Å². The Morgan fingerprint density at radius 1 is 1.44 bits per heavy atom. The zero-order valence-electron chi connectivity index (χ0n) is 9.24. The lowest BCUT2D eigenvalue weighted by atomic mass is 10.3. The third kappa shape index (κ3) is 3.37. The lowest BCUT2D eigenvalue weighted by Gasteiger charge is -2.07. The summed E-state index contributed by atoms with van der Waals surface area (Å²) in [6.07, 6.45) is 0. The Kier molecular flexibility index (Phi) is 4.47. The first-order valence-corrected chi connectivity index (χ1v) is 7.46. The van der Waals surface area contributed by atoms with Gasteiger partial charge in [0.25, 0.3) is 0 Å². The van der Waals surface area contributed by atoms with E-state index in [-0.39, 0.29) is 0 Å². The van der Waals surface area contributed by atoms with E-state index in [0.29, 0.717) is 17.1 Å². The van der Waals surface area contributed by atoms with Crippen molar-refractivity contribution in [1.82, 2.24) is 0 Å². The highest BCUT2D eigenvalue weighted by Crippen LogP contribution is 2.25. The van der Waals surface area contributed by atoms with Gasteiger partial charge in [0.05, 0.1) is 16.3 Å². The molecule has 0 radical (unpaired) electrons. The van der Waals surface area contributed by atoms with Crippen molar-refractivity contribution in [2.45, 2.75) is 6.54 Å². The molecular weight excluding hydrogens is 383 g/mol. The van der Waals surface area contributed by atoms with Crippen molar-refractivity contribution in [3.63, 3.8) is 0 Å². The molecule has 1 amide bonds. The molecule has 0 aliphatic heterocycles. The van der Waals surface area contributed by atoms with Crippen LogP contribution in [-0.2, 0) is 6.54 Å². The summed E-state index contributed by atoms with van der Waals surface area (Å²) in [6, 6.07) is 7.61. The Balaban J connectivity index is 2.04. The number of carbonyl (C=O) groups is 1. The summed E-state index contributed by atoms with van der Waals surface area (Å²) in [5, 5.41) is 5.68. The predicted molar refractivity (Wildman–Crippen MR) is 84.3 cm³/mol. The van der Waals surface area contributed by atoms with Crippen LogP contribution in [0.3, 0.4) is 0 Å². The quantitative estimate of drug-likeness (QED) is 0.779. The SMILES string of the molecule is NC(=O)c1csc(CNc2ccc(I)cc2Cl)c1. The standard InChI is InChI=1S/C12H10ClIN2OS/c13-10-4-8(14)1-2-11(10)16-5-9-3-7(6-18-9)12(15)17/h1-4,6,16H,5H2,(H2,15,17). The largest absolute Gasteiger partial charge is 0.379 e. The van der Waals surface area contributed by atoms with Crippen molar-refractivity contribution in [2.75, 3.05) is 5.32 Å². The number of anilines is 1. The Hall–Kier alpha value is -0.790. The number of carbonyl (C=O) groups excluding carboxylic acids is 1. The molecule has 1 heterocycles. The third-order valence-electron chi connectivity index (χ3n) is 2.32. The molecule has 1 aromatic carbocycles. The van der Waals surface area contributed by atoms with Crippen LogP contribution in [0.1, 0.15) is 15.2 Å². The number of primary amides is 1. The Labute approximate surface area is 127 Å². The number of rotatable bonds is 4. The molecule has 3 N–H and O–H groups in total. The maximum absolute atomic E-state index is 11.0. The molecule has 0 saturated carbocycles. The molecule has 94 valence electrons. The fourth-order valence-corrected chi connectivity index (χ4v) is 3.15.